The fourth-order valence-corrected chi connectivity index (χ4v) is 4.13. The zero-order chi connectivity index (χ0) is 21.3. The van der Waals surface area contributed by atoms with Crippen LogP contribution in [0.4, 0.5) is 17.1 Å². The number of hydrogen-bond donors (Lipinski definition) is 1. The third-order valence-electron chi connectivity index (χ3n) is 5.59. The van der Waals surface area contributed by atoms with Gasteiger partial charge in [-0.05, 0) is 49.1 Å². The van der Waals surface area contributed by atoms with Crippen LogP contribution in [-0.4, -0.2) is 23.3 Å². The number of carbonyl (C=O) groups is 2. The molecule has 2 unspecified atom stereocenters. The Hall–Kier alpha value is -3.19. The summed E-state index contributed by atoms with van der Waals surface area (Å²) in [4.78, 5) is 37.7. The van der Waals surface area contributed by atoms with Gasteiger partial charge in [-0.25, -0.2) is 4.90 Å². The molecule has 2 amide bonds. The number of nitrogens with zero attached hydrogens (tertiary/aromatic N) is 2. The smallest absolute Gasteiger partial charge is 0.294 e. The largest absolute Gasteiger partial charge is 0.379 e. The zero-order valence-corrected chi connectivity index (χ0v) is 16.8. The van der Waals surface area contributed by atoms with E-state index in [1.807, 2.05) is 24.3 Å². The quantitative estimate of drug-likeness (QED) is 0.321. The number of benzene rings is 2. The monoisotopic (exact) mass is 425 g/mol. The molecular formula is C22H20ClN3O4. The number of halogens is 1. The van der Waals surface area contributed by atoms with Gasteiger partial charge in [0.05, 0.1) is 22.4 Å². The van der Waals surface area contributed by atoms with Crippen LogP contribution in [-0.2, 0) is 16.0 Å². The third kappa shape index (κ3) is 3.80. The molecule has 1 aliphatic heterocycles. The van der Waals surface area contributed by atoms with Crippen LogP contribution in [0.2, 0.25) is 5.02 Å². The lowest BCUT2D eigenvalue weighted by Gasteiger charge is -2.16. The number of allylic oxidation sites excluding steroid dienone is 2. The van der Waals surface area contributed by atoms with E-state index in [0.29, 0.717) is 36.5 Å². The summed E-state index contributed by atoms with van der Waals surface area (Å²) in [6, 6.07) is 11.8. The number of fused-ring (bicyclic) bond motifs is 1. The Labute approximate surface area is 178 Å². The second-order valence-electron chi connectivity index (χ2n) is 7.43. The van der Waals surface area contributed by atoms with Crippen molar-refractivity contribution in [1.82, 2.24) is 0 Å². The lowest BCUT2D eigenvalue weighted by atomic mass is 9.85. The van der Waals surface area contributed by atoms with E-state index in [1.165, 1.54) is 6.07 Å². The van der Waals surface area contributed by atoms with Crippen LogP contribution in [0.15, 0.2) is 54.6 Å². The topological polar surface area (TPSA) is 92.6 Å². The Morgan fingerprint density at radius 3 is 2.27 bits per heavy atom. The van der Waals surface area contributed by atoms with E-state index in [4.69, 9.17) is 11.6 Å². The summed E-state index contributed by atoms with van der Waals surface area (Å²) in [7, 11) is 0. The van der Waals surface area contributed by atoms with Gasteiger partial charge in [0.15, 0.2) is 0 Å². The average molecular weight is 426 g/mol. The summed E-state index contributed by atoms with van der Waals surface area (Å²) in [6.45, 7) is 0.485. The molecule has 8 heteroatoms. The Balaban J connectivity index is 1.52. The first-order valence-electron chi connectivity index (χ1n) is 9.75. The zero-order valence-electron chi connectivity index (χ0n) is 16.1. The number of nitro groups is 1. The molecule has 1 aliphatic carbocycles. The minimum absolute atomic E-state index is 0.169. The van der Waals surface area contributed by atoms with Gasteiger partial charge >= 0.3 is 0 Å². The first-order chi connectivity index (χ1) is 14.5. The maximum Gasteiger partial charge on any atom is 0.294 e. The summed E-state index contributed by atoms with van der Waals surface area (Å²) in [5, 5.41) is 15.4. The van der Waals surface area contributed by atoms with Gasteiger partial charge in [0.2, 0.25) is 11.8 Å². The molecule has 1 heterocycles. The molecule has 0 spiro atoms. The minimum atomic E-state index is -0.506. The molecule has 0 aromatic heterocycles. The maximum absolute atomic E-state index is 12.7. The molecule has 0 bridgehead atoms. The van der Waals surface area contributed by atoms with E-state index in [1.54, 1.807) is 24.3 Å². The molecule has 30 heavy (non-hydrogen) atoms. The first-order valence-corrected chi connectivity index (χ1v) is 10.1. The van der Waals surface area contributed by atoms with Crippen LogP contribution in [0.3, 0.4) is 0 Å². The van der Waals surface area contributed by atoms with Crippen molar-refractivity contribution >= 4 is 40.5 Å². The second kappa shape index (κ2) is 8.28. The summed E-state index contributed by atoms with van der Waals surface area (Å²) < 4.78 is 0. The Morgan fingerprint density at radius 1 is 1.03 bits per heavy atom. The Bertz CT molecular complexity index is 1010. The molecule has 0 radical (unpaired) electrons. The van der Waals surface area contributed by atoms with Crippen molar-refractivity contribution in [3.63, 3.8) is 0 Å². The predicted octanol–water partition coefficient (Wildman–Crippen LogP) is 4.36. The van der Waals surface area contributed by atoms with Gasteiger partial charge in [-0.15, -0.1) is 0 Å². The molecule has 2 aliphatic rings. The highest BCUT2D eigenvalue weighted by molar-refractivity contribution is 6.30. The van der Waals surface area contributed by atoms with Gasteiger partial charge in [0.25, 0.3) is 5.69 Å². The molecule has 154 valence electrons. The van der Waals surface area contributed by atoms with Crippen molar-refractivity contribution in [1.29, 1.82) is 0 Å². The van der Waals surface area contributed by atoms with Crippen molar-refractivity contribution in [2.75, 3.05) is 16.8 Å². The van der Waals surface area contributed by atoms with Crippen molar-refractivity contribution in [3.05, 3.63) is 75.3 Å². The maximum atomic E-state index is 12.7. The molecular weight excluding hydrogens is 406 g/mol. The number of nitro benzene ring substituents is 1. The first kappa shape index (κ1) is 20.1. The van der Waals surface area contributed by atoms with E-state index in [9.17, 15) is 19.7 Å². The number of rotatable bonds is 6. The molecule has 1 saturated heterocycles. The van der Waals surface area contributed by atoms with Gasteiger partial charge in [0.1, 0.15) is 5.69 Å². The van der Waals surface area contributed by atoms with E-state index in [-0.39, 0.29) is 35.0 Å². The summed E-state index contributed by atoms with van der Waals surface area (Å²) in [5.74, 6) is -1.32. The number of anilines is 2. The molecule has 1 fully saturated rings. The van der Waals surface area contributed by atoms with Crippen LogP contribution in [0.1, 0.15) is 18.4 Å². The van der Waals surface area contributed by atoms with Gasteiger partial charge < -0.3 is 5.32 Å². The normalized spacial score (nSPS) is 20.4. The summed E-state index contributed by atoms with van der Waals surface area (Å²) >= 11 is 5.88. The van der Waals surface area contributed by atoms with Gasteiger partial charge in [-0.3, -0.25) is 19.7 Å². The lowest BCUT2D eigenvalue weighted by molar-refractivity contribution is -0.383. The van der Waals surface area contributed by atoms with Gasteiger partial charge in [-0.2, -0.15) is 0 Å². The number of amides is 2. The fraction of sp³-hybridized carbons (Fsp3) is 0.273. The molecule has 4 rings (SSSR count). The van der Waals surface area contributed by atoms with Crippen molar-refractivity contribution < 1.29 is 14.5 Å². The van der Waals surface area contributed by atoms with E-state index in [0.717, 1.165) is 10.5 Å². The van der Waals surface area contributed by atoms with Crippen molar-refractivity contribution in [2.24, 2.45) is 11.8 Å². The number of carbonyl (C=O) groups excluding carboxylic acids is 2. The fourth-order valence-electron chi connectivity index (χ4n) is 4.01. The number of imide groups is 1. The Kier molecular flexibility index (Phi) is 5.55. The van der Waals surface area contributed by atoms with Crippen LogP contribution in [0.5, 0.6) is 0 Å². The third-order valence-corrected chi connectivity index (χ3v) is 5.84. The van der Waals surface area contributed by atoms with Crippen molar-refractivity contribution in [3.8, 4) is 0 Å². The molecule has 2 aromatic carbocycles. The van der Waals surface area contributed by atoms with Crippen LogP contribution >= 0.6 is 11.6 Å². The highest BCUT2D eigenvalue weighted by atomic mass is 35.5. The minimum Gasteiger partial charge on any atom is -0.379 e. The van der Waals surface area contributed by atoms with Gasteiger partial charge in [-0.1, -0.05) is 35.9 Å². The van der Waals surface area contributed by atoms with E-state index < -0.39 is 4.92 Å². The summed E-state index contributed by atoms with van der Waals surface area (Å²) in [6.07, 6.45) is 5.53. The standard InChI is InChI=1S/C22H20ClN3O4/c23-15-7-5-14(6-8-15)11-12-24-19-10-9-16(13-20(19)26(29)30)25-21(27)17-3-1-2-4-18(17)22(25)28/h1-2,5-10,13,17-18,24H,3-4,11-12H2. The number of hydrogen-bond acceptors (Lipinski definition) is 5. The molecule has 2 atom stereocenters. The lowest BCUT2D eigenvalue weighted by Crippen LogP contribution is -2.30. The van der Waals surface area contributed by atoms with E-state index >= 15 is 0 Å². The van der Waals surface area contributed by atoms with Crippen LogP contribution in [0, 0.1) is 22.0 Å². The highest BCUT2D eigenvalue weighted by Gasteiger charge is 2.48. The molecule has 1 N–H and O–H groups in total. The molecule has 0 saturated carbocycles. The summed E-state index contributed by atoms with van der Waals surface area (Å²) in [5.41, 5.74) is 1.47. The van der Waals surface area contributed by atoms with Gasteiger partial charge in [0, 0.05) is 17.6 Å². The molecule has 2 aromatic rings. The number of nitrogens with one attached hydrogen (secondary N) is 1. The Morgan fingerprint density at radius 2 is 1.67 bits per heavy atom. The SMILES string of the molecule is O=C1C2CC=CCC2C(=O)N1c1ccc(NCCc2ccc(Cl)cc2)c([N+](=O)[O-])c1. The predicted molar refractivity (Wildman–Crippen MR) is 115 cm³/mol. The van der Waals surface area contributed by atoms with E-state index in [2.05, 4.69) is 5.32 Å². The van der Waals surface area contributed by atoms with Crippen LogP contribution < -0.4 is 10.2 Å². The average Bonchev–Trinajstić information content (AvgIpc) is 3.00. The highest BCUT2D eigenvalue weighted by Crippen LogP contribution is 2.39. The molecule has 7 nitrogen and oxygen atoms in total. The second-order valence-corrected chi connectivity index (χ2v) is 7.87. The van der Waals surface area contributed by atoms with Crippen molar-refractivity contribution in [2.45, 2.75) is 19.3 Å². The van der Waals surface area contributed by atoms with Crippen LogP contribution in [0.25, 0.3) is 0 Å².